The van der Waals surface area contributed by atoms with Crippen LogP contribution in [0.15, 0.2) is 36.0 Å². The van der Waals surface area contributed by atoms with Gasteiger partial charge in [0.15, 0.2) is 0 Å². The molecule has 0 saturated heterocycles. The highest BCUT2D eigenvalue weighted by molar-refractivity contribution is 7.98. The summed E-state index contributed by atoms with van der Waals surface area (Å²) in [6.45, 7) is 3.04. The van der Waals surface area contributed by atoms with E-state index in [9.17, 15) is 0 Å². The molecule has 2 aromatic heterocycles. The Labute approximate surface area is 110 Å². The summed E-state index contributed by atoms with van der Waals surface area (Å²) in [4.78, 5) is 16.9. The molecule has 94 valence electrons. The summed E-state index contributed by atoms with van der Waals surface area (Å²) in [6, 6.07) is 0. The van der Waals surface area contributed by atoms with Crippen LogP contribution in [0.4, 0.5) is 5.82 Å². The van der Waals surface area contributed by atoms with Gasteiger partial charge in [-0.1, -0.05) is 18.7 Å². The largest absolute Gasteiger partial charge is 0.369 e. The lowest BCUT2D eigenvalue weighted by atomic mass is 10.4. The summed E-state index contributed by atoms with van der Waals surface area (Å²) in [5.41, 5.74) is 0.938. The summed E-state index contributed by atoms with van der Waals surface area (Å²) in [6.07, 6.45) is 9.73. The van der Waals surface area contributed by atoms with E-state index in [2.05, 4.69) is 32.2 Å². The van der Waals surface area contributed by atoms with E-state index in [1.54, 1.807) is 42.7 Å². The van der Waals surface area contributed by atoms with Gasteiger partial charge in [0.25, 0.3) is 0 Å². The molecule has 0 spiro atoms. The minimum atomic E-state index is 0.750. The van der Waals surface area contributed by atoms with Crippen LogP contribution in [-0.2, 0) is 5.75 Å². The van der Waals surface area contributed by atoms with E-state index in [1.165, 1.54) is 0 Å². The molecular formula is C12H15N5S. The fraction of sp³-hybridized carbons (Fsp3) is 0.333. The second-order valence-corrected chi connectivity index (χ2v) is 4.65. The number of rotatable bonds is 6. The molecule has 0 fully saturated rings. The van der Waals surface area contributed by atoms with Crippen LogP contribution in [0.25, 0.3) is 0 Å². The fourth-order valence-corrected chi connectivity index (χ4v) is 2.00. The maximum Gasteiger partial charge on any atom is 0.144 e. The third kappa shape index (κ3) is 3.96. The normalized spacial score (nSPS) is 10.3. The van der Waals surface area contributed by atoms with Crippen molar-refractivity contribution in [3.8, 4) is 0 Å². The average Bonchev–Trinajstić information content (AvgIpc) is 2.45. The van der Waals surface area contributed by atoms with Crippen LogP contribution in [0.3, 0.4) is 0 Å². The van der Waals surface area contributed by atoms with E-state index in [4.69, 9.17) is 0 Å². The molecule has 0 radical (unpaired) electrons. The van der Waals surface area contributed by atoms with E-state index in [1.807, 2.05) is 0 Å². The second-order valence-electron chi connectivity index (χ2n) is 3.65. The Hall–Kier alpha value is -1.69. The summed E-state index contributed by atoms with van der Waals surface area (Å²) in [5.74, 6) is 1.57. The van der Waals surface area contributed by atoms with E-state index in [0.717, 1.165) is 35.3 Å². The van der Waals surface area contributed by atoms with Gasteiger partial charge in [0.2, 0.25) is 0 Å². The Bertz CT molecular complexity index is 460. The topological polar surface area (TPSA) is 63.6 Å². The molecule has 0 unspecified atom stereocenters. The molecule has 0 amide bonds. The van der Waals surface area contributed by atoms with Gasteiger partial charge in [0.05, 0.1) is 24.3 Å². The van der Waals surface area contributed by atoms with Crippen molar-refractivity contribution < 1.29 is 0 Å². The van der Waals surface area contributed by atoms with Crippen molar-refractivity contribution in [2.75, 3.05) is 11.9 Å². The molecule has 0 aromatic carbocycles. The maximum atomic E-state index is 4.35. The lowest BCUT2D eigenvalue weighted by Gasteiger charge is -2.04. The van der Waals surface area contributed by atoms with Gasteiger partial charge in [-0.25, -0.2) is 9.97 Å². The van der Waals surface area contributed by atoms with Crippen molar-refractivity contribution in [2.45, 2.75) is 24.1 Å². The molecule has 0 saturated carbocycles. The highest BCUT2D eigenvalue weighted by Gasteiger charge is 2.00. The van der Waals surface area contributed by atoms with Crippen molar-refractivity contribution in [1.82, 2.24) is 19.9 Å². The molecule has 2 aromatic rings. The van der Waals surface area contributed by atoms with Crippen molar-refractivity contribution in [2.24, 2.45) is 0 Å². The zero-order valence-corrected chi connectivity index (χ0v) is 11.0. The van der Waals surface area contributed by atoms with Crippen molar-refractivity contribution in [3.63, 3.8) is 0 Å². The van der Waals surface area contributed by atoms with Crippen molar-refractivity contribution in [3.05, 3.63) is 36.7 Å². The zero-order chi connectivity index (χ0) is 12.6. The van der Waals surface area contributed by atoms with Crippen LogP contribution in [0.2, 0.25) is 0 Å². The van der Waals surface area contributed by atoms with Crippen molar-refractivity contribution in [1.29, 1.82) is 0 Å². The molecule has 0 aliphatic carbocycles. The third-order valence-electron chi connectivity index (χ3n) is 2.17. The summed E-state index contributed by atoms with van der Waals surface area (Å²) >= 11 is 1.60. The summed E-state index contributed by atoms with van der Waals surface area (Å²) < 4.78 is 0. The molecule has 0 aliphatic rings. The first-order chi connectivity index (χ1) is 8.88. The van der Waals surface area contributed by atoms with E-state index >= 15 is 0 Å². The summed E-state index contributed by atoms with van der Waals surface area (Å²) in [7, 11) is 0. The molecule has 2 heterocycles. The number of nitrogens with zero attached hydrogens (tertiary/aromatic N) is 4. The van der Waals surface area contributed by atoms with E-state index < -0.39 is 0 Å². The van der Waals surface area contributed by atoms with Gasteiger partial charge in [-0.15, -0.1) is 0 Å². The predicted molar refractivity (Wildman–Crippen MR) is 72.4 cm³/mol. The Morgan fingerprint density at radius 3 is 2.72 bits per heavy atom. The number of thioether (sulfide) groups is 1. The highest BCUT2D eigenvalue weighted by atomic mass is 32.2. The maximum absolute atomic E-state index is 4.35. The van der Waals surface area contributed by atoms with Crippen LogP contribution in [-0.4, -0.2) is 26.5 Å². The van der Waals surface area contributed by atoms with Crippen LogP contribution < -0.4 is 5.32 Å². The van der Waals surface area contributed by atoms with Crippen LogP contribution >= 0.6 is 11.8 Å². The quantitative estimate of drug-likeness (QED) is 0.805. The van der Waals surface area contributed by atoms with Crippen LogP contribution in [0, 0.1) is 0 Å². The van der Waals surface area contributed by atoms with Crippen molar-refractivity contribution >= 4 is 17.6 Å². The first-order valence-electron chi connectivity index (χ1n) is 5.82. The first kappa shape index (κ1) is 12.8. The van der Waals surface area contributed by atoms with Gasteiger partial charge in [-0.2, -0.15) is 0 Å². The van der Waals surface area contributed by atoms with Gasteiger partial charge < -0.3 is 5.32 Å². The average molecular weight is 261 g/mol. The lowest BCUT2D eigenvalue weighted by molar-refractivity contribution is 0.959. The molecule has 0 aliphatic heterocycles. The lowest BCUT2D eigenvalue weighted by Crippen LogP contribution is -2.02. The number of anilines is 1. The number of hydrogen-bond donors (Lipinski definition) is 1. The fourth-order valence-electron chi connectivity index (χ4n) is 1.28. The molecule has 1 N–H and O–H groups in total. The molecule has 0 bridgehead atoms. The smallest absolute Gasteiger partial charge is 0.144 e. The molecular weight excluding hydrogens is 246 g/mol. The van der Waals surface area contributed by atoms with Gasteiger partial charge in [-0.05, 0) is 6.42 Å². The highest BCUT2D eigenvalue weighted by Crippen LogP contribution is 2.18. The first-order valence-corrected chi connectivity index (χ1v) is 6.80. The van der Waals surface area contributed by atoms with Gasteiger partial charge in [0, 0.05) is 24.7 Å². The molecule has 0 atom stereocenters. The predicted octanol–water partition coefficient (Wildman–Crippen LogP) is 2.38. The summed E-state index contributed by atoms with van der Waals surface area (Å²) in [5, 5.41) is 4.09. The van der Waals surface area contributed by atoms with Gasteiger partial charge in [-0.3, -0.25) is 9.97 Å². The SMILES string of the molecule is CCCNc1cnc(CSc2cnccn2)cn1. The number of aromatic nitrogens is 4. The minimum absolute atomic E-state index is 0.750. The Morgan fingerprint density at radius 2 is 2.06 bits per heavy atom. The Morgan fingerprint density at radius 1 is 1.11 bits per heavy atom. The standard InChI is InChI=1S/C12H15N5S/c1-2-3-14-11-7-16-10(6-17-11)9-18-12-8-13-4-5-15-12/h4-8H,2-3,9H2,1H3,(H,14,17). The molecule has 18 heavy (non-hydrogen) atoms. The monoisotopic (exact) mass is 261 g/mol. The van der Waals surface area contributed by atoms with E-state index in [0.29, 0.717) is 0 Å². The number of nitrogens with one attached hydrogen (secondary N) is 1. The van der Waals surface area contributed by atoms with Gasteiger partial charge in [0.1, 0.15) is 10.8 Å². The van der Waals surface area contributed by atoms with Crippen LogP contribution in [0.5, 0.6) is 0 Å². The van der Waals surface area contributed by atoms with E-state index in [-0.39, 0.29) is 0 Å². The molecule has 6 heteroatoms. The zero-order valence-electron chi connectivity index (χ0n) is 10.2. The second kappa shape index (κ2) is 6.90. The molecule has 5 nitrogen and oxygen atoms in total. The van der Waals surface area contributed by atoms with Crippen LogP contribution in [0.1, 0.15) is 19.0 Å². The van der Waals surface area contributed by atoms with Gasteiger partial charge >= 0.3 is 0 Å². The Kier molecular flexibility index (Phi) is 4.89. The number of hydrogen-bond acceptors (Lipinski definition) is 6. The molecule has 2 rings (SSSR count). The minimum Gasteiger partial charge on any atom is -0.369 e. The third-order valence-corrected chi connectivity index (χ3v) is 3.12. The Balaban J connectivity index is 1.86.